The molecule has 3 heteroatoms. The molecule has 1 fully saturated rings. The summed E-state index contributed by atoms with van der Waals surface area (Å²) in [5.74, 6) is 0.159. The van der Waals surface area contributed by atoms with E-state index in [0.29, 0.717) is 11.6 Å². The summed E-state index contributed by atoms with van der Waals surface area (Å²) in [7, 11) is 0. The van der Waals surface area contributed by atoms with Gasteiger partial charge in [0.2, 0.25) is 0 Å². The summed E-state index contributed by atoms with van der Waals surface area (Å²) >= 11 is 5.82. The Hall–Kier alpha value is -0.730. The smallest absolute Gasteiger partial charge is 0.134 e. The van der Waals surface area contributed by atoms with Crippen LogP contribution < -0.4 is 5.73 Å². The lowest BCUT2D eigenvalue weighted by atomic mass is 9.92. The summed E-state index contributed by atoms with van der Waals surface area (Å²) in [6.07, 6.45) is 2.23. The van der Waals surface area contributed by atoms with E-state index in [-0.39, 0.29) is 11.2 Å². The van der Waals surface area contributed by atoms with E-state index in [0.717, 1.165) is 24.0 Å². The first-order valence-corrected chi connectivity index (χ1v) is 5.16. The van der Waals surface area contributed by atoms with E-state index in [4.69, 9.17) is 17.3 Å². The van der Waals surface area contributed by atoms with Gasteiger partial charge in [-0.05, 0) is 43.0 Å². The molecule has 2 nitrogen and oxygen atoms in total. The van der Waals surface area contributed by atoms with Gasteiger partial charge in [-0.3, -0.25) is 0 Å². The predicted octanol–water partition coefficient (Wildman–Crippen LogP) is 2.34. The normalized spacial score (nSPS) is 18.2. The minimum Gasteiger partial charge on any atom is -0.506 e. The highest BCUT2D eigenvalue weighted by atomic mass is 35.5. The third-order valence-corrected chi connectivity index (χ3v) is 3.41. The topological polar surface area (TPSA) is 46.2 Å². The van der Waals surface area contributed by atoms with Crippen LogP contribution in [-0.4, -0.2) is 11.7 Å². The number of phenols is 1. The molecule has 1 aromatic carbocycles. The lowest BCUT2D eigenvalue weighted by molar-refractivity contribution is 0.473. The van der Waals surface area contributed by atoms with E-state index >= 15 is 0 Å². The number of benzene rings is 1. The Kier molecular flexibility index (Phi) is 2.20. The van der Waals surface area contributed by atoms with Gasteiger partial charge in [0.25, 0.3) is 0 Å². The average molecular weight is 212 g/mol. The monoisotopic (exact) mass is 211 g/mol. The van der Waals surface area contributed by atoms with Gasteiger partial charge in [-0.15, -0.1) is 0 Å². The van der Waals surface area contributed by atoms with Gasteiger partial charge in [-0.1, -0.05) is 11.6 Å². The second kappa shape index (κ2) is 3.14. The third kappa shape index (κ3) is 1.39. The van der Waals surface area contributed by atoms with Gasteiger partial charge in [0, 0.05) is 12.0 Å². The van der Waals surface area contributed by atoms with Crippen molar-refractivity contribution in [3.05, 3.63) is 28.3 Å². The molecule has 1 aromatic rings. The molecule has 1 aliphatic carbocycles. The van der Waals surface area contributed by atoms with Crippen molar-refractivity contribution in [2.75, 3.05) is 6.54 Å². The highest BCUT2D eigenvalue weighted by Gasteiger charge is 2.44. The van der Waals surface area contributed by atoms with Gasteiger partial charge in [0.1, 0.15) is 5.75 Å². The van der Waals surface area contributed by atoms with E-state index in [2.05, 4.69) is 0 Å². The molecule has 0 saturated heterocycles. The lowest BCUT2D eigenvalue weighted by Gasteiger charge is -2.16. The molecular weight excluding hydrogens is 198 g/mol. The van der Waals surface area contributed by atoms with E-state index in [9.17, 15) is 5.11 Å². The van der Waals surface area contributed by atoms with Crippen LogP contribution in [0.25, 0.3) is 0 Å². The largest absolute Gasteiger partial charge is 0.506 e. The first kappa shape index (κ1) is 9.81. The predicted molar refractivity (Wildman–Crippen MR) is 57.8 cm³/mol. The molecule has 14 heavy (non-hydrogen) atoms. The summed E-state index contributed by atoms with van der Waals surface area (Å²) < 4.78 is 0. The Morgan fingerprint density at radius 1 is 1.50 bits per heavy atom. The molecule has 76 valence electrons. The maximum atomic E-state index is 9.54. The third-order valence-electron chi connectivity index (χ3n) is 3.11. The molecule has 0 heterocycles. The molecule has 0 unspecified atom stereocenters. The van der Waals surface area contributed by atoms with Crippen LogP contribution in [0.1, 0.15) is 24.0 Å². The quantitative estimate of drug-likeness (QED) is 0.789. The summed E-state index contributed by atoms with van der Waals surface area (Å²) in [4.78, 5) is 0. The second-order valence-corrected chi connectivity index (χ2v) is 4.51. The lowest BCUT2D eigenvalue weighted by Crippen LogP contribution is -2.20. The summed E-state index contributed by atoms with van der Waals surface area (Å²) in [5, 5.41) is 9.95. The molecule has 0 radical (unpaired) electrons. The number of hydrogen-bond acceptors (Lipinski definition) is 2. The van der Waals surface area contributed by atoms with Crippen LogP contribution in [-0.2, 0) is 5.41 Å². The van der Waals surface area contributed by atoms with E-state index < -0.39 is 0 Å². The number of aryl methyl sites for hydroxylation is 1. The molecular formula is C11H14ClNO. The van der Waals surface area contributed by atoms with Crippen LogP contribution in [0.15, 0.2) is 12.1 Å². The summed E-state index contributed by atoms with van der Waals surface area (Å²) in [6.45, 7) is 2.66. The van der Waals surface area contributed by atoms with Crippen molar-refractivity contribution < 1.29 is 5.11 Å². The Balaban J connectivity index is 2.49. The van der Waals surface area contributed by atoms with Crippen molar-refractivity contribution in [2.24, 2.45) is 5.73 Å². The van der Waals surface area contributed by atoms with Gasteiger partial charge < -0.3 is 10.8 Å². The average Bonchev–Trinajstić information content (AvgIpc) is 2.92. The standard InChI is InChI=1S/C11H14ClNO/c1-7-4-9(12)10(14)5-8(7)11(6-13)2-3-11/h4-5,14H,2-3,6,13H2,1H3. The van der Waals surface area contributed by atoms with Crippen LogP contribution >= 0.6 is 11.6 Å². The molecule has 0 atom stereocenters. The molecule has 0 aliphatic heterocycles. The number of phenolic OH excluding ortho intramolecular Hbond substituents is 1. The molecule has 3 N–H and O–H groups in total. The molecule has 0 aromatic heterocycles. The summed E-state index contributed by atoms with van der Waals surface area (Å²) in [6, 6.07) is 3.57. The number of halogens is 1. The molecule has 0 amide bonds. The Morgan fingerprint density at radius 2 is 2.14 bits per heavy atom. The SMILES string of the molecule is Cc1cc(Cl)c(O)cc1C1(CN)CC1. The number of aromatic hydroxyl groups is 1. The minimum absolute atomic E-state index is 0.117. The zero-order valence-corrected chi connectivity index (χ0v) is 8.93. The van der Waals surface area contributed by atoms with Gasteiger partial charge in [-0.2, -0.15) is 0 Å². The maximum absolute atomic E-state index is 9.54. The first-order valence-electron chi connectivity index (χ1n) is 4.79. The van der Waals surface area contributed by atoms with Gasteiger partial charge in [0.05, 0.1) is 5.02 Å². The maximum Gasteiger partial charge on any atom is 0.134 e. The van der Waals surface area contributed by atoms with Crippen molar-refractivity contribution in [1.29, 1.82) is 0 Å². The number of hydrogen-bond donors (Lipinski definition) is 2. The number of nitrogens with two attached hydrogens (primary N) is 1. The van der Waals surface area contributed by atoms with Crippen molar-refractivity contribution in [1.82, 2.24) is 0 Å². The van der Waals surface area contributed by atoms with Crippen molar-refractivity contribution in [3.8, 4) is 5.75 Å². The Bertz CT molecular complexity index is 372. The Labute approximate surface area is 88.7 Å². The fraction of sp³-hybridized carbons (Fsp3) is 0.455. The van der Waals surface area contributed by atoms with Gasteiger partial charge >= 0.3 is 0 Å². The van der Waals surface area contributed by atoms with Crippen LogP contribution in [0.5, 0.6) is 5.75 Å². The first-order chi connectivity index (χ1) is 6.59. The molecule has 2 rings (SSSR count). The van der Waals surface area contributed by atoms with E-state index in [1.807, 2.05) is 13.0 Å². The number of rotatable bonds is 2. The van der Waals surface area contributed by atoms with Crippen molar-refractivity contribution >= 4 is 11.6 Å². The fourth-order valence-electron chi connectivity index (χ4n) is 1.97. The zero-order chi connectivity index (χ0) is 10.3. The molecule has 1 aliphatic rings. The highest BCUT2D eigenvalue weighted by molar-refractivity contribution is 6.32. The van der Waals surface area contributed by atoms with Gasteiger partial charge in [0.15, 0.2) is 0 Å². The van der Waals surface area contributed by atoms with Crippen molar-refractivity contribution in [3.63, 3.8) is 0 Å². The zero-order valence-electron chi connectivity index (χ0n) is 8.18. The van der Waals surface area contributed by atoms with Crippen LogP contribution in [0, 0.1) is 6.92 Å². The van der Waals surface area contributed by atoms with Gasteiger partial charge in [-0.25, -0.2) is 0 Å². The van der Waals surface area contributed by atoms with Crippen molar-refractivity contribution in [2.45, 2.75) is 25.2 Å². The summed E-state index contributed by atoms with van der Waals surface area (Å²) in [5.41, 5.74) is 8.14. The molecule has 0 bridgehead atoms. The van der Waals surface area contributed by atoms with E-state index in [1.54, 1.807) is 6.07 Å². The van der Waals surface area contributed by atoms with E-state index in [1.165, 1.54) is 0 Å². The van der Waals surface area contributed by atoms with Crippen LogP contribution in [0.4, 0.5) is 0 Å². The second-order valence-electron chi connectivity index (χ2n) is 4.10. The minimum atomic E-state index is 0.117. The molecule has 1 saturated carbocycles. The van der Waals surface area contributed by atoms with Crippen LogP contribution in [0.3, 0.4) is 0 Å². The molecule has 0 spiro atoms. The fourth-order valence-corrected chi connectivity index (χ4v) is 2.19. The van der Waals surface area contributed by atoms with Crippen LogP contribution in [0.2, 0.25) is 5.02 Å². The Morgan fingerprint density at radius 3 is 2.64 bits per heavy atom. The highest BCUT2D eigenvalue weighted by Crippen LogP contribution is 2.49.